The third-order valence-corrected chi connectivity index (χ3v) is 3.40. The maximum absolute atomic E-state index is 4.18. The highest BCUT2D eigenvalue weighted by molar-refractivity contribution is 9.11. The molecular weight excluding hydrogens is 412 g/mol. The molecule has 0 unspecified atom stereocenters. The van der Waals surface area contributed by atoms with Crippen molar-refractivity contribution in [1.82, 2.24) is 0 Å². The molecule has 2 nitrogen and oxygen atoms in total. The van der Waals surface area contributed by atoms with Gasteiger partial charge in [-0.3, -0.25) is 0 Å². The molecule has 0 atom stereocenters. The molecule has 0 bridgehead atoms. The van der Waals surface area contributed by atoms with Crippen molar-refractivity contribution < 1.29 is 0 Å². The zero-order chi connectivity index (χ0) is 12.3. The van der Waals surface area contributed by atoms with Gasteiger partial charge in [-0.25, -0.2) is 0 Å². The number of hydrogen-bond donors (Lipinski definition) is 0. The van der Waals surface area contributed by atoms with E-state index in [0.717, 1.165) is 24.8 Å². The summed E-state index contributed by atoms with van der Waals surface area (Å²) in [6, 6.07) is 13.5. The molecular formula is C12H7Br3N2. The van der Waals surface area contributed by atoms with Gasteiger partial charge >= 0.3 is 0 Å². The second-order valence-electron chi connectivity index (χ2n) is 3.30. The van der Waals surface area contributed by atoms with Crippen LogP contribution in [0.1, 0.15) is 0 Å². The fourth-order valence-corrected chi connectivity index (χ4v) is 2.75. The molecule has 0 radical (unpaired) electrons. The molecule has 0 aliphatic carbocycles. The molecule has 0 aromatic heterocycles. The van der Waals surface area contributed by atoms with Crippen LogP contribution in [0.3, 0.4) is 0 Å². The van der Waals surface area contributed by atoms with Crippen molar-refractivity contribution in [2.24, 2.45) is 10.2 Å². The SMILES string of the molecule is Brc1ccc(N=Nc2cc(Br)cc(Br)c2)cc1. The van der Waals surface area contributed by atoms with Crippen molar-refractivity contribution in [1.29, 1.82) is 0 Å². The maximum Gasteiger partial charge on any atom is 0.0879 e. The Hall–Kier alpha value is -0.520. The lowest BCUT2D eigenvalue weighted by molar-refractivity contribution is 1.23. The minimum absolute atomic E-state index is 0.800. The molecule has 2 rings (SSSR count). The third kappa shape index (κ3) is 4.01. The van der Waals surface area contributed by atoms with Gasteiger partial charge in [-0.15, -0.1) is 0 Å². The molecule has 2 aromatic carbocycles. The second-order valence-corrected chi connectivity index (χ2v) is 6.05. The van der Waals surface area contributed by atoms with Gasteiger partial charge in [-0.1, -0.05) is 47.8 Å². The van der Waals surface area contributed by atoms with Gasteiger partial charge in [0.25, 0.3) is 0 Å². The zero-order valence-electron chi connectivity index (χ0n) is 8.57. The first-order valence-electron chi connectivity index (χ1n) is 4.77. The lowest BCUT2D eigenvalue weighted by Gasteiger charge is -1.97. The number of azo groups is 1. The van der Waals surface area contributed by atoms with Gasteiger partial charge in [-0.05, 0) is 42.5 Å². The molecule has 0 saturated heterocycles. The summed E-state index contributed by atoms with van der Waals surface area (Å²) in [6.07, 6.45) is 0. The van der Waals surface area contributed by atoms with Crippen LogP contribution in [0.2, 0.25) is 0 Å². The van der Waals surface area contributed by atoms with Gasteiger partial charge in [-0.2, -0.15) is 10.2 Å². The summed E-state index contributed by atoms with van der Waals surface area (Å²) in [5, 5.41) is 8.34. The summed E-state index contributed by atoms with van der Waals surface area (Å²) in [7, 11) is 0. The van der Waals surface area contributed by atoms with E-state index < -0.39 is 0 Å². The minimum Gasteiger partial charge on any atom is -0.151 e. The Kier molecular flexibility index (Phi) is 4.48. The van der Waals surface area contributed by atoms with E-state index in [0.29, 0.717) is 0 Å². The van der Waals surface area contributed by atoms with Gasteiger partial charge in [0.15, 0.2) is 0 Å². The molecule has 2 aromatic rings. The molecule has 0 saturated carbocycles. The highest BCUT2D eigenvalue weighted by Gasteiger charge is 1.96. The van der Waals surface area contributed by atoms with E-state index in [1.54, 1.807) is 0 Å². The zero-order valence-corrected chi connectivity index (χ0v) is 13.3. The Balaban J connectivity index is 2.22. The predicted molar refractivity (Wildman–Crippen MR) is 80.2 cm³/mol. The summed E-state index contributed by atoms with van der Waals surface area (Å²) in [5.74, 6) is 0. The van der Waals surface area contributed by atoms with E-state index in [4.69, 9.17) is 0 Å². The average Bonchev–Trinajstić information content (AvgIpc) is 2.27. The number of halogens is 3. The summed E-state index contributed by atoms with van der Waals surface area (Å²) in [5.41, 5.74) is 1.62. The lowest BCUT2D eigenvalue weighted by atomic mass is 10.3. The van der Waals surface area contributed by atoms with Crippen LogP contribution in [0.15, 0.2) is 66.1 Å². The van der Waals surface area contributed by atoms with E-state index >= 15 is 0 Å². The number of nitrogens with zero attached hydrogens (tertiary/aromatic N) is 2. The smallest absolute Gasteiger partial charge is 0.0879 e. The average molecular weight is 419 g/mol. The summed E-state index contributed by atoms with van der Waals surface area (Å²) >= 11 is 10.2. The third-order valence-electron chi connectivity index (χ3n) is 1.95. The Morgan fingerprint density at radius 3 is 1.71 bits per heavy atom. The lowest BCUT2D eigenvalue weighted by Crippen LogP contribution is -1.68. The van der Waals surface area contributed by atoms with Crippen molar-refractivity contribution in [3.63, 3.8) is 0 Å². The molecule has 0 heterocycles. The van der Waals surface area contributed by atoms with Crippen molar-refractivity contribution in [2.45, 2.75) is 0 Å². The first kappa shape index (κ1) is 12.9. The molecule has 0 aliphatic heterocycles. The van der Waals surface area contributed by atoms with Crippen LogP contribution in [0, 0.1) is 0 Å². The van der Waals surface area contributed by atoms with Crippen molar-refractivity contribution in [3.05, 3.63) is 55.9 Å². The van der Waals surface area contributed by atoms with Crippen LogP contribution in [0.25, 0.3) is 0 Å². The van der Waals surface area contributed by atoms with Gasteiger partial charge in [0.2, 0.25) is 0 Å². The van der Waals surface area contributed by atoms with Crippen molar-refractivity contribution in [3.8, 4) is 0 Å². The molecule has 0 N–H and O–H groups in total. The normalized spacial score (nSPS) is 11.0. The van der Waals surface area contributed by atoms with Crippen molar-refractivity contribution >= 4 is 59.2 Å². The fourth-order valence-electron chi connectivity index (χ4n) is 1.22. The summed E-state index contributed by atoms with van der Waals surface area (Å²) < 4.78 is 2.97. The topological polar surface area (TPSA) is 24.7 Å². The van der Waals surface area contributed by atoms with E-state index in [9.17, 15) is 0 Å². The number of benzene rings is 2. The van der Waals surface area contributed by atoms with Gasteiger partial charge < -0.3 is 0 Å². The Morgan fingerprint density at radius 1 is 0.588 bits per heavy atom. The first-order chi connectivity index (χ1) is 8.13. The summed E-state index contributed by atoms with van der Waals surface area (Å²) in [6.45, 7) is 0. The Bertz CT molecular complexity index is 530. The molecule has 0 fully saturated rings. The van der Waals surface area contributed by atoms with Gasteiger partial charge in [0, 0.05) is 13.4 Å². The Labute approximate surface area is 125 Å². The van der Waals surface area contributed by atoms with E-state index in [-0.39, 0.29) is 0 Å². The van der Waals surface area contributed by atoms with Crippen LogP contribution in [0.4, 0.5) is 11.4 Å². The van der Waals surface area contributed by atoms with Crippen LogP contribution in [-0.4, -0.2) is 0 Å². The number of hydrogen-bond acceptors (Lipinski definition) is 2. The quantitative estimate of drug-likeness (QED) is 0.505. The van der Waals surface area contributed by atoms with Crippen LogP contribution in [-0.2, 0) is 0 Å². The van der Waals surface area contributed by atoms with Crippen LogP contribution >= 0.6 is 47.8 Å². The molecule has 5 heteroatoms. The van der Waals surface area contributed by atoms with E-state index in [2.05, 4.69) is 58.0 Å². The highest BCUT2D eigenvalue weighted by Crippen LogP contribution is 2.27. The molecule has 0 amide bonds. The standard InChI is InChI=1S/C12H7Br3N2/c13-8-1-3-11(4-2-8)16-17-12-6-9(14)5-10(15)7-12/h1-7H. The van der Waals surface area contributed by atoms with Crippen LogP contribution in [0.5, 0.6) is 0 Å². The maximum atomic E-state index is 4.18. The number of rotatable bonds is 2. The Morgan fingerprint density at radius 2 is 1.12 bits per heavy atom. The fraction of sp³-hybridized carbons (Fsp3) is 0. The van der Waals surface area contributed by atoms with Gasteiger partial charge in [0.05, 0.1) is 11.4 Å². The highest BCUT2D eigenvalue weighted by atomic mass is 79.9. The second kappa shape index (κ2) is 5.89. The molecule has 0 aliphatic rings. The largest absolute Gasteiger partial charge is 0.151 e. The van der Waals surface area contributed by atoms with Crippen molar-refractivity contribution in [2.75, 3.05) is 0 Å². The van der Waals surface area contributed by atoms with E-state index in [1.165, 1.54) is 0 Å². The molecule has 86 valence electrons. The van der Waals surface area contributed by atoms with Crippen LogP contribution < -0.4 is 0 Å². The summed E-state index contributed by atoms with van der Waals surface area (Å²) in [4.78, 5) is 0. The monoisotopic (exact) mass is 416 g/mol. The van der Waals surface area contributed by atoms with Gasteiger partial charge in [0.1, 0.15) is 0 Å². The molecule has 17 heavy (non-hydrogen) atoms. The predicted octanol–water partition coefficient (Wildman–Crippen LogP) is 6.39. The minimum atomic E-state index is 0.800. The first-order valence-corrected chi connectivity index (χ1v) is 7.15. The van der Waals surface area contributed by atoms with E-state index in [1.807, 2.05) is 42.5 Å². The molecule has 0 spiro atoms.